The number of nitrogens with one attached hydrogen (secondary N) is 1. The number of hydrogen-bond donors (Lipinski definition) is 1. The number of hydrogen-bond acceptors (Lipinski definition) is 1. The molecule has 0 aliphatic heterocycles. The van der Waals surface area contributed by atoms with Crippen LogP contribution >= 0.6 is 0 Å². The molecule has 0 saturated heterocycles. The molecule has 0 bridgehead atoms. The average molecular weight is 229 g/mol. The summed E-state index contributed by atoms with van der Waals surface area (Å²) >= 11 is 0. The standard InChI is InChI=1S/C16H23N/c1-14(2)8-7-9-15(3)12-13-17-16-10-5-4-6-11-16/h4-6,8,10-12,17H,7,9,13H2,1-3H3/b15-12-. The molecule has 0 radical (unpaired) electrons. The first-order valence-corrected chi connectivity index (χ1v) is 6.26. The quantitative estimate of drug-likeness (QED) is 0.691. The van der Waals surface area contributed by atoms with Crippen LogP contribution in [-0.2, 0) is 0 Å². The molecule has 1 aromatic carbocycles. The second-order valence-electron chi connectivity index (χ2n) is 4.62. The summed E-state index contributed by atoms with van der Waals surface area (Å²) < 4.78 is 0. The molecule has 0 atom stereocenters. The molecule has 0 aliphatic rings. The second-order valence-corrected chi connectivity index (χ2v) is 4.62. The number of benzene rings is 1. The highest BCUT2D eigenvalue weighted by molar-refractivity contribution is 5.42. The third-order valence-corrected chi connectivity index (χ3v) is 2.62. The van der Waals surface area contributed by atoms with E-state index < -0.39 is 0 Å². The molecule has 0 heterocycles. The van der Waals surface area contributed by atoms with Gasteiger partial charge in [-0.25, -0.2) is 0 Å². The molecular formula is C16H23N. The summed E-state index contributed by atoms with van der Waals surface area (Å²) in [7, 11) is 0. The highest BCUT2D eigenvalue weighted by Gasteiger charge is 1.90. The van der Waals surface area contributed by atoms with E-state index >= 15 is 0 Å². The van der Waals surface area contributed by atoms with Gasteiger partial charge in [-0.1, -0.05) is 41.5 Å². The molecule has 17 heavy (non-hydrogen) atoms. The highest BCUT2D eigenvalue weighted by atomic mass is 14.8. The smallest absolute Gasteiger partial charge is 0.0342 e. The zero-order valence-electron chi connectivity index (χ0n) is 11.2. The maximum Gasteiger partial charge on any atom is 0.0342 e. The van der Waals surface area contributed by atoms with Gasteiger partial charge in [0.25, 0.3) is 0 Å². The Morgan fingerprint density at radius 1 is 1.06 bits per heavy atom. The van der Waals surface area contributed by atoms with Crippen molar-refractivity contribution in [3.63, 3.8) is 0 Å². The highest BCUT2D eigenvalue weighted by Crippen LogP contribution is 2.08. The fourth-order valence-electron chi connectivity index (χ4n) is 1.59. The molecule has 92 valence electrons. The van der Waals surface area contributed by atoms with Crippen LogP contribution < -0.4 is 5.32 Å². The average Bonchev–Trinajstić information content (AvgIpc) is 2.30. The van der Waals surface area contributed by atoms with E-state index in [0.29, 0.717) is 0 Å². The van der Waals surface area contributed by atoms with Gasteiger partial charge in [0.15, 0.2) is 0 Å². The first kappa shape index (κ1) is 13.6. The van der Waals surface area contributed by atoms with Gasteiger partial charge in [0.2, 0.25) is 0 Å². The van der Waals surface area contributed by atoms with Crippen molar-refractivity contribution in [2.75, 3.05) is 11.9 Å². The van der Waals surface area contributed by atoms with Crippen molar-refractivity contribution in [2.24, 2.45) is 0 Å². The van der Waals surface area contributed by atoms with Gasteiger partial charge in [-0.05, 0) is 45.7 Å². The van der Waals surface area contributed by atoms with Crippen LogP contribution in [0.2, 0.25) is 0 Å². The molecule has 1 rings (SSSR count). The van der Waals surface area contributed by atoms with Crippen molar-refractivity contribution < 1.29 is 0 Å². The lowest BCUT2D eigenvalue weighted by Gasteiger charge is -2.04. The fourth-order valence-corrected chi connectivity index (χ4v) is 1.59. The Morgan fingerprint density at radius 2 is 1.76 bits per heavy atom. The van der Waals surface area contributed by atoms with Gasteiger partial charge in [-0.15, -0.1) is 0 Å². The molecule has 0 unspecified atom stereocenters. The van der Waals surface area contributed by atoms with E-state index in [4.69, 9.17) is 0 Å². The van der Waals surface area contributed by atoms with Gasteiger partial charge < -0.3 is 5.32 Å². The van der Waals surface area contributed by atoms with Gasteiger partial charge in [-0.3, -0.25) is 0 Å². The van der Waals surface area contributed by atoms with Crippen LogP contribution in [0.25, 0.3) is 0 Å². The molecule has 0 aliphatic carbocycles. The second kappa shape index (κ2) is 7.72. The molecule has 0 fully saturated rings. The van der Waals surface area contributed by atoms with Gasteiger partial charge in [0, 0.05) is 12.2 Å². The molecule has 1 heteroatoms. The maximum atomic E-state index is 3.38. The SMILES string of the molecule is CC(C)=CCC/C(C)=C\CNc1ccccc1. The van der Waals surface area contributed by atoms with Crippen LogP contribution in [0.1, 0.15) is 33.6 Å². The molecule has 1 aromatic rings. The predicted molar refractivity (Wildman–Crippen MR) is 77.4 cm³/mol. The summed E-state index contributed by atoms with van der Waals surface area (Å²) in [5.41, 5.74) is 4.03. The number of rotatable bonds is 6. The van der Waals surface area contributed by atoms with E-state index in [2.05, 4.69) is 50.4 Å². The number of allylic oxidation sites excluding steroid dienone is 3. The molecule has 0 amide bonds. The van der Waals surface area contributed by atoms with Crippen LogP contribution in [0.4, 0.5) is 5.69 Å². The van der Waals surface area contributed by atoms with E-state index in [9.17, 15) is 0 Å². The Labute approximate surface area is 105 Å². The van der Waals surface area contributed by atoms with Crippen LogP contribution in [-0.4, -0.2) is 6.54 Å². The topological polar surface area (TPSA) is 12.0 Å². The van der Waals surface area contributed by atoms with Crippen molar-refractivity contribution in [3.05, 3.63) is 53.6 Å². The first-order chi connectivity index (χ1) is 8.18. The zero-order valence-corrected chi connectivity index (χ0v) is 11.2. The summed E-state index contributed by atoms with van der Waals surface area (Å²) in [6, 6.07) is 10.3. The Balaban J connectivity index is 2.26. The minimum absolute atomic E-state index is 0.907. The molecular weight excluding hydrogens is 206 g/mol. The van der Waals surface area contributed by atoms with Crippen LogP contribution in [0.15, 0.2) is 53.6 Å². The predicted octanol–water partition coefficient (Wildman–Crippen LogP) is 4.79. The molecule has 0 spiro atoms. The molecule has 1 N–H and O–H groups in total. The third kappa shape index (κ3) is 6.62. The fraction of sp³-hybridized carbons (Fsp3) is 0.375. The Hall–Kier alpha value is -1.50. The minimum Gasteiger partial charge on any atom is -0.382 e. The monoisotopic (exact) mass is 229 g/mol. The van der Waals surface area contributed by atoms with Crippen molar-refractivity contribution >= 4 is 5.69 Å². The molecule has 0 saturated carbocycles. The van der Waals surface area contributed by atoms with Crippen molar-refractivity contribution in [1.29, 1.82) is 0 Å². The van der Waals surface area contributed by atoms with Crippen molar-refractivity contribution in [3.8, 4) is 0 Å². The summed E-state index contributed by atoms with van der Waals surface area (Å²) in [5, 5.41) is 3.38. The normalized spacial score (nSPS) is 11.1. The van der Waals surface area contributed by atoms with Gasteiger partial charge >= 0.3 is 0 Å². The van der Waals surface area contributed by atoms with Crippen molar-refractivity contribution in [1.82, 2.24) is 0 Å². The summed E-state index contributed by atoms with van der Waals surface area (Å²) in [6.45, 7) is 7.40. The maximum absolute atomic E-state index is 3.38. The van der Waals surface area contributed by atoms with Gasteiger partial charge in [0.1, 0.15) is 0 Å². The van der Waals surface area contributed by atoms with E-state index in [1.165, 1.54) is 16.8 Å². The zero-order chi connectivity index (χ0) is 12.5. The lowest BCUT2D eigenvalue weighted by molar-refractivity contribution is 0.959. The van der Waals surface area contributed by atoms with E-state index in [1.807, 2.05) is 18.2 Å². The minimum atomic E-state index is 0.907. The van der Waals surface area contributed by atoms with E-state index in [1.54, 1.807) is 0 Å². The number of anilines is 1. The van der Waals surface area contributed by atoms with E-state index in [0.717, 1.165) is 19.4 Å². The molecule has 1 nitrogen and oxygen atoms in total. The summed E-state index contributed by atoms with van der Waals surface area (Å²) in [5.74, 6) is 0. The van der Waals surface area contributed by atoms with Gasteiger partial charge in [0.05, 0.1) is 0 Å². The van der Waals surface area contributed by atoms with Gasteiger partial charge in [-0.2, -0.15) is 0 Å². The van der Waals surface area contributed by atoms with Crippen LogP contribution in [0.5, 0.6) is 0 Å². The number of para-hydroxylation sites is 1. The lowest BCUT2D eigenvalue weighted by atomic mass is 10.1. The Kier molecular flexibility index (Phi) is 6.16. The largest absolute Gasteiger partial charge is 0.382 e. The van der Waals surface area contributed by atoms with Crippen LogP contribution in [0.3, 0.4) is 0 Å². The first-order valence-electron chi connectivity index (χ1n) is 6.26. The summed E-state index contributed by atoms with van der Waals surface area (Å²) in [6.07, 6.45) is 6.87. The Morgan fingerprint density at radius 3 is 2.41 bits per heavy atom. The van der Waals surface area contributed by atoms with Crippen molar-refractivity contribution in [2.45, 2.75) is 33.6 Å². The third-order valence-electron chi connectivity index (χ3n) is 2.62. The van der Waals surface area contributed by atoms with Crippen LogP contribution in [0, 0.1) is 0 Å². The summed E-state index contributed by atoms with van der Waals surface area (Å²) in [4.78, 5) is 0. The molecule has 0 aromatic heterocycles. The van der Waals surface area contributed by atoms with E-state index in [-0.39, 0.29) is 0 Å². The lowest BCUT2D eigenvalue weighted by Crippen LogP contribution is -1.98. The Bertz CT molecular complexity index is 370.